The predicted molar refractivity (Wildman–Crippen MR) is 102 cm³/mol. The van der Waals surface area contributed by atoms with Gasteiger partial charge in [0.2, 0.25) is 0 Å². The van der Waals surface area contributed by atoms with E-state index < -0.39 is 0 Å². The number of anilines is 2. The summed E-state index contributed by atoms with van der Waals surface area (Å²) < 4.78 is 10.8. The highest BCUT2D eigenvalue weighted by molar-refractivity contribution is 6.35. The Balaban J connectivity index is 1.79. The molecule has 0 saturated heterocycles. The first-order valence-corrected chi connectivity index (χ1v) is 8.32. The molecule has 0 bridgehead atoms. The molecule has 2 aromatic rings. The van der Waals surface area contributed by atoms with Crippen molar-refractivity contribution in [2.45, 2.75) is 0 Å². The van der Waals surface area contributed by atoms with Gasteiger partial charge in [-0.2, -0.15) is 0 Å². The molecule has 0 fully saturated rings. The fourth-order valence-electron chi connectivity index (χ4n) is 3.00. The number of hydrogen-bond donors (Lipinski definition) is 3. The highest BCUT2D eigenvalue weighted by Gasteiger charge is 2.19. The van der Waals surface area contributed by atoms with Crippen molar-refractivity contribution in [3.8, 4) is 22.8 Å². The number of benzene rings is 2. The normalized spacial score (nSPS) is 11.2. The van der Waals surface area contributed by atoms with Crippen molar-refractivity contribution in [3.63, 3.8) is 0 Å². The summed E-state index contributed by atoms with van der Waals surface area (Å²) in [7, 11) is 3.25. The lowest BCUT2D eigenvalue weighted by Gasteiger charge is -2.07. The summed E-state index contributed by atoms with van der Waals surface area (Å²) in [4.78, 5) is 0. The number of fused-ring (bicyclic) bond motifs is 3. The van der Waals surface area contributed by atoms with Crippen LogP contribution >= 0.6 is 23.2 Å². The molecule has 1 heterocycles. The van der Waals surface area contributed by atoms with Gasteiger partial charge in [0.15, 0.2) is 11.5 Å². The van der Waals surface area contributed by atoms with Crippen molar-refractivity contribution >= 4 is 45.5 Å². The van der Waals surface area contributed by atoms with Crippen LogP contribution in [0.3, 0.4) is 0 Å². The van der Waals surface area contributed by atoms with Crippen LogP contribution in [-0.4, -0.2) is 24.4 Å². The lowest BCUT2D eigenvalue weighted by molar-refractivity contribution is 0.356. The number of methoxy groups -OCH3 is 2. The molecule has 25 heavy (non-hydrogen) atoms. The Morgan fingerprint density at radius 1 is 0.840 bits per heavy atom. The minimum Gasteiger partial charge on any atom is -0.493 e. The van der Waals surface area contributed by atoms with Crippen LogP contribution in [0.15, 0.2) is 36.4 Å². The molecule has 0 spiro atoms. The van der Waals surface area contributed by atoms with Crippen LogP contribution in [0.4, 0.5) is 11.5 Å². The third kappa shape index (κ3) is 2.75. The van der Waals surface area contributed by atoms with E-state index >= 15 is 0 Å². The zero-order chi connectivity index (χ0) is 17.6. The Morgan fingerprint density at radius 2 is 1.52 bits per heavy atom. The van der Waals surface area contributed by atoms with E-state index in [0.717, 1.165) is 33.5 Å². The zero-order valence-electron chi connectivity index (χ0n) is 13.5. The van der Waals surface area contributed by atoms with Crippen molar-refractivity contribution < 1.29 is 9.47 Å². The number of H-pyrrole nitrogens is 2. The predicted octanol–water partition coefficient (Wildman–Crippen LogP) is 5.67. The molecule has 0 aromatic heterocycles. The van der Waals surface area contributed by atoms with Gasteiger partial charge in [-0.3, -0.25) is 10.2 Å². The molecule has 0 atom stereocenters. The first kappa shape index (κ1) is 16.0. The first-order chi connectivity index (χ1) is 12.1. The molecule has 2 aromatic carbocycles. The van der Waals surface area contributed by atoms with Gasteiger partial charge >= 0.3 is 0 Å². The molecule has 0 unspecified atom stereocenters. The summed E-state index contributed by atoms with van der Waals surface area (Å²) in [6, 6.07) is 11.3. The largest absolute Gasteiger partial charge is 0.493 e. The molecule has 4 rings (SSSR count). The fraction of sp³-hybridized carbons (Fsp3) is 0.111. The molecule has 0 saturated carbocycles. The summed E-state index contributed by atoms with van der Waals surface area (Å²) >= 11 is 12.1. The molecule has 2 aliphatic rings. The van der Waals surface area contributed by atoms with E-state index in [0.29, 0.717) is 21.5 Å². The molecular weight excluding hydrogens is 361 g/mol. The van der Waals surface area contributed by atoms with Crippen LogP contribution < -0.4 is 14.8 Å². The second-order valence-electron chi connectivity index (χ2n) is 5.64. The molecule has 7 heteroatoms. The molecule has 0 amide bonds. The second-order valence-corrected chi connectivity index (χ2v) is 6.51. The van der Waals surface area contributed by atoms with E-state index in [1.807, 2.05) is 24.3 Å². The van der Waals surface area contributed by atoms with E-state index in [1.54, 1.807) is 20.3 Å². The van der Waals surface area contributed by atoms with Gasteiger partial charge in [0.05, 0.1) is 19.9 Å². The van der Waals surface area contributed by atoms with Crippen molar-refractivity contribution in [2.75, 3.05) is 19.5 Å². The number of aromatic amines is 2. The second kappa shape index (κ2) is 6.10. The Hall–Kier alpha value is -2.50. The summed E-state index contributed by atoms with van der Waals surface area (Å²) in [6.07, 6.45) is 0. The lowest BCUT2D eigenvalue weighted by atomic mass is 10.2. The smallest absolute Gasteiger partial charge is 0.161 e. The Morgan fingerprint density at radius 3 is 2.20 bits per heavy atom. The fourth-order valence-corrected chi connectivity index (χ4v) is 3.52. The third-order valence-electron chi connectivity index (χ3n) is 4.11. The van der Waals surface area contributed by atoms with Gasteiger partial charge in [-0.1, -0.05) is 23.2 Å². The topological polar surface area (TPSA) is 62.1 Å². The average molecular weight is 376 g/mol. The maximum atomic E-state index is 6.07. The Labute approximate surface area is 154 Å². The van der Waals surface area contributed by atoms with Crippen LogP contribution in [0.2, 0.25) is 10.0 Å². The monoisotopic (exact) mass is 375 g/mol. The van der Waals surface area contributed by atoms with E-state index in [9.17, 15) is 0 Å². The minimum absolute atomic E-state index is 0.573. The lowest BCUT2D eigenvalue weighted by Crippen LogP contribution is -1.91. The van der Waals surface area contributed by atoms with Gasteiger partial charge in [-0.05, 0) is 41.8 Å². The zero-order valence-corrected chi connectivity index (χ0v) is 15.0. The van der Waals surface area contributed by atoms with Gasteiger partial charge in [-0.25, -0.2) is 0 Å². The van der Waals surface area contributed by atoms with Crippen LogP contribution in [0.25, 0.3) is 22.0 Å². The van der Waals surface area contributed by atoms with Crippen LogP contribution in [0, 0.1) is 0 Å². The highest BCUT2D eigenvalue weighted by Crippen LogP contribution is 2.42. The number of rotatable bonds is 4. The summed E-state index contributed by atoms with van der Waals surface area (Å²) in [5.74, 6) is 2.21. The number of ether oxygens (including phenoxy) is 2. The summed E-state index contributed by atoms with van der Waals surface area (Å²) in [5, 5.41) is 12.9. The molecule has 5 nitrogen and oxygen atoms in total. The van der Waals surface area contributed by atoms with Crippen LogP contribution in [-0.2, 0) is 0 Å². The standard InChI is InChI=1S/C18H15Cl2N3O2/c1-24-15-4-9-3-14-17(13(9)8-16(15)25-2)22-23-18(14)21-12-6-10(19)5-11(20)7-12/h3-8,21-23H,1-2H3. The third-order valence-corrected chi connectivity index (χ3v) is 4.54. The van der Waals surface area contributed by atoms with Gasteiger partial charge in [0, 0.05) is 26.7 Å². The Kier molecular flexibility index (Phi) is 3.90. The van der Waals surface area contributed by atoms with E-state index in [4.69, 9.17) is 32.7 Å². The van der Waals surface area contributed by atoms with Crippen LogP contribution in [0.1, 0.15) is 0 Å². The molecule has 128 valence electrons. The molecule has 1 aliphatic carbocycles. The van der Waals surface area contributed by atoms with E-state index in [-0.39, 0.29) is 0 Å². The van der Waals surface area contributed by atoms with Gasteiger partial charge < -0.3 is 14.8 Å². The maximum absolute atomic E-state index is 6.07. The summed E-state index contributed by atoms with van der Waals surface area (Å²) in [6.45, 7) is 0. The highest BCUT2D eigenvalue weighted by atomic mass is 35.5. The summed E-state index contributed by atoms with van der Waals surface area (Å²) in [5.41, 5.74) is 2.79. The quantitative estimate of drug-likeness (QED) is 0.430. The van der Waals surface area contributed by atoms with Gasteiger partial charge in [0.25, 0.3) is 0 Å². The molecule has 3 N–H and O–H groups in total. The van der Waals surface area contributed by atoms with Crippen LogP contribution in [0.5, 0.6) is 11.5 Å². The first-order valence-electron chi connectivity index (χ1n) is 7.57. The van der Waals surface area contributed by atoms with Gasteiger partial charge in [-0.15, -0.1) is 0 Å². The number of hydrogen-bond acceptors (Lipinski definition) is 3. The maximum Gasteiger partial charge on any atom is 0.161 e. The number of nitrogens with one attached hydrogen (secondary N) is 3. The van der Waals surface area contributed by atoms with E-state index in [2.05, 4.69) is 21.6 Å². The van der Waals surface area contributed by atoms with Crippen molar-refractivity contribution in [1.82, 2.24) is 10.2 Å². The number of halogens is 2. The SMILES string of the molecule is COc1cc2cc3c(Nc4cc(Cl)cc(Cl)c4)[nH][nH]c-3c2cc1OC. The minimum atomic E-state index is 0.573. The van der Waals surface area contributed by atoms with Crippen molar-refractivity contribution in [1.29, 1.82) is 0 Å². The molecule has 0 radical (unpaired) electrons. The average Bonchev–Trinajstić information content (AvgIpc) is 3.12. The molecular formula is C18H15Cl2N3O2. The molecule has 1 aliphatic heterocycles. The van der Waals surface area contributed by atoms with Gasteiger partial charge in [0.1, 0.15) is 5.82 Å². The Bertz CT molecular complexity index is 1020. The van der Waals surface area contributed by atoms with Crippen molar-refractivity contribution in [3.05, 3.63) is 46.4 Å². The van der Waals surface area contributed by atoms with E-state index in [1.165, 1.54) is 0 Å². The number of aromatic nitrogens is 2. The van der Waals surface area contributed by atoms with Crippen molar-refractivity contribution in [2.24, 2.45) is 0 Å².